The zero-order valence-corrected chi connectivity index (χ0v) is 19.5. The standard InChI is InChI=1S/C28H29N3O3/c1-19-12-13-26(20(2)14-19)34-18-23(32)17-31-25-11-7-6-10-24(25)29-28(31)21-15-27(33)30(16-21)22-8-4-3-5-9-22/h3-14,21,23,32H,15-18H2,1-2H3/t21-,23-/m1/s1. The molecule has 4 aromatic rings. The van der Waals surface area contributed by atoms with Crippen molar-refractivity contribution in [3.05, 3.63) is 89.7 Å². The van der Waals surface area contributed by atoms with Crippen molar-refractivity contribution < 1.29 is 14.6 Å². The molecular formula is C28H29N3O3. The lowest BCUT2D eigenvalue weighted by Gasteiger charge is -2.19. The number of ether oxygens (including phenoxy) is 1. The maximum atomic E-state index is 12.8. The molecule has 6 heteroatoms. The number of nitrogens with zero attached hydrogens (tertiary/aromatic N) is 3. The highest BCUT2D eigenvalue weighted by atomic mass is 16.5. The van der Waals surface area contributed by atoms with Crippen molar-refractivity contribution in [3.8, 4) is 5.75 Å². The molecule has 1 saturated heterocycles. The first-order chi connectivity index (χ1) is 16.5. The Bertz CT molecular complexity index is 1320. The van der Waals surface area contributed by atoms with Gasteiger partial charge in [0.05, 0.1) is 17.6 Å². The summed E-state index contributed by atoms with van der Waals surface area (Å²) in [5.41, 5.74) is 4.95. The van der Waals surface area contributed by atoms with E-state index >= 15 is 0 Å². The van der Waals surface area contributed by atoms with E-state index < -0.39 is 6.10 Å². The van der Waals surface area contributed by atoms with E-state index in [9.17, 15) is 9.90 Å². The van der Waals surface area contributed by atoms with Gasteiger partial charge in [0.15, 0.2) is 0 Å². The number of rotatable bonds is 7. The molecule has 1 fully saturated rings. The van der Waals surface area contributed by atoms with Crippen molar-refractivity contribution in [2.75, 3.05) is 18.1 Å². The predicted octanol–water partition coefficient (Wildman–Crippen LogP) is 4.61. The second-order valence-corrected chi connectivity index (χ2v) is 9.04. The van der Waals surface area contributed by atoms with Crippen molar-refractivity contribution in [2.45, 2.75) is 38.8 Å². The van der Waals surface area contributed by atoms with Crippen molar-refractivity contribution >= 4 is 22.6 Å². The minimum Gasteiger partial charge on any atom is -0.491 e. The summed E-state index contributed by atoms with van der Waals surface area (Å²) in [4.78, 5) is 19.6. The number of fused-ring (bicyclic) bond motifs is 1. The fraction of sp³-hybridized carbons (Fsp3) is 0.286. The molecule has 1 aliphatic heterocycles. The van der Waals surface area contributed by atoms with Gasteiger partial charge in [-0.25, -0.2) is 4.98 Å². The average Bonchev–Trinajstić information content (AvgIpc) is 3.40. The summed E-state index contributed by atoms with van der Waals surface area (Å²) >= 11 is 0. The summed E-state index contributed by atoms with van der Waals surface area (Å²) in [6.07, 6.45) is -0.327. The molecule has 0 radical (unpaired) electrons. The molecule has 6 nitrogen and oxygen atoms in total. The molecule has 3 aromatic carbocycles. The quantitative estimate of drug-likeness (QED) is 0.442. The van der Waals surface area contributed by atoms with Gasteiger partial charge in [-0.3, -0.25) is 4.79 Å². The zero-order valence-electron chi connectivity index (χ0n) is 19.5. The van der Waals surface area contributed by atoms with Gasteiger partial charge in [-0.15, -0.1) is 0 Å². The Morgan fingerprint density at radius 1 is 1.06 bits per heavy atom. The van der Waals surface area contributed by atoms with E-state index in [-0.39, 0.29) is 18.4 Å². The molecule has 1 aromatic heterocycles. The zero-order chi connectivity index (χ0) is 23.7. The van der Waals surface area contributed by atoms with Gasteiger partial charge in [0.2, 0.25) is 5.91 Å². The first-order valence-corrected chi connectivity index (χ1v) is 11.7. The van der Waals surface area contributed by atoms with E-state index in [0.29, 0.717) is 19.5 Å². The molecule has 0 aliphatic carbocycles. The number of aromatic nitrogens is 2. The van der Waals surface area contributed by atoms with Crippen molar-refractivity contribution in [1.82, 2.24) is 9.55 Å². The van der Waals surface area contributed by atoms with Crippen LogP contribution in [0.4, 0.5) is 5.69 Å². The van der Waals surface area contributed by atoms with Crippen LogP contribution in [0.15, 0.2) is 72.8 Å². The van der Waals surface area contributed by atoms with Gasteiger partial charge in [0, 0.05) is 24.6 Å². The number of hydrogen-bond donors (Lipinski definition) is 1. The van der Waals surface area contributed by atoms with Gasteiger partial charge in [-0.05, 0) is 49.7 Å². The van der Waals surface area contributed by atoms with Crippen LogP contribution in [0, 0.1) is 13.8 Å². The highest BCUT2D eigenvalue weighted by molar-refractivity contribution is 5.96. The van der Waals surface area contributed by atoms with Crippen molar-refractivity contribution in [3.63, 3.8) is 0 Å². The monoisotopic (exact) mass is 455 g/mol. The summed E-state index contributed by atoms with van der Waals surface area (Å²) in [7, 11) is 0. The fourth-order valence-electron chi connectivity index (χ4n) is 4.75. The van der Waals surface area contributed by atoms with E-state index in [1.165, 1.54) is 5.56 Å². The number of aliphatic hydroxyl groups is 1. The van der Waals surface area contributed by atoms with Crippen LogP contribution >= 0.6 is 0 Å². The molecule has 2 heterocycles. The molecule has 0 spiro atoms. The highest BCUT2D eigenvalue weighted by Crippen LogP contribution is 2.33. The van der Waals surface area contributed by atoms with Crippen LogP contribution in [0.1, 0.15) is 29.3 Å². The maximum Gasteiger partial charge on any atom is 0.227 e. The Balaban J connectivity index is 1.38. The fourth-order valence-corrected chi connectivity index (χ4v) is 4.75. The van der Waals surface area contributed by atoms with Gasteiger partial charge in [0.25, 0.3) is 0 Å². The minimum atomic E-state index is -0.723. The lowest BCUT2D eigenvalue weighted by molar-refractivity contribution is -0.117. The number of carbonyl (C=O) groups is 1. The Morgan fingerprint density at radius 2 is 1.82 bits per heavy atom. The molecule has 174 valence electrons. The number of para-hydroxylation sites is 3. The first kappa shape index (κ1) is 22.2. The summed E-state index contributed by atoms with van der Waals surface area (Å²) in [5, 5.41) is 10.9. The van der Waals surface area contributed by atoms with Crippen LogP contribution in [-0.2, 0) is 11.3 Å². The van der Waals surface area contributed by atoms with Gasteiger partial charge < -0.3 is 19.3 Å². The third-order valence-corrected chi connectivity index (χ3v) is 6.40. The lowest BCUT2D eigenvalue weighted by Crippen LogP contribution is -2.26. The van der Waals surface area contributed by atoms with Gasteiger partial charge >= 0.3 is 0 Å². The SMILES string of the molecule is Cc1ccc(OC[C@H](O)Cn2c([C@@H]3CC(=O)N(c4ccccc4)C3)nc3ccccc32)c(C)c1. The maximum absolute atomic E-state index is 12.8. The van der Waals surface area contributed by atoms with Crippen molar-refractivity contribution in [1.29, 1.82) is 0 Å². The van der Waals surface area contributed by atoms with Crippen LogP contribution in [0.3, 0.4) is 0 Å². The Kier molecular flexibility index (Phi) is 6.07. The van der Waals surface area contributed by atoms with E-state index in [0.717, 1.165) is 33.9 Å². The predicted molar refractivity (Wildman–Crippen MR) is 133 cm³/mol. The van der Waals surface area contributed by atoms with Gasteiger partial charge in [0.1, 0.15) is 24.3 Å². The molecule has 34 heavy (non-hydrogen) atoms. The molecule has 1 aliphatic rings. The Hall–Kier alpha value is -3.64. The summed E-state index contributed by atoms with van der Waals surface area (Å²) in [6, 6.07) is 23.7. The Morgan fingerprint density at radius 3 is 2.62 bits per heavy atom. The smallest absolute Gasteiger partial charge is 0.227 e. The van der Waals surface area contributed by atoms with Crippen molar-refractivity contribution in [2.24, 2.45) is 0 Å². The van der Waals surface area contributed by atoms with E-state index in [1.807, 2.05) is 85.5 Å². The topological polar surface area (TPSA) is 67.6 Å². The highest BCUT2D eigenvalue weighted by Gasteiger charge is 2.35. The lowest BCUT2D eigenvalue weighted by atomic mass is 10.1. The van der Waals surface area contributed by atoms with E-state index in [1.54, 1.807) is 0 Å². The molecule has 1 N–H and O–H groups in total. The summed E-state index contributed by atoms with van der Waals surface area (Å²) < 4.78 is 7.98. The van der Waals surface area contributed by atoms with Crippen LogP contribution in [0.5, 0.6) is 5.75 Å². The average molecular weight is 456 g/mol. The van der Waals surface area contributed by atoms with Crippen LogP contribution < -0.4 is 9.64 Å². The van der Waals surface area contributed by atoms with E-state index in [2.05, 4.69) is 10.6 Å². The number of amides is 1. The molecule has 5 rings (SSSR count). The molecule has 0 unspecified atom stereocenters. The number of anilines is 1. The van der Waals surface area contributed by atoms with Gasteiger partial charge in [-0.2, -0.15) is 0 Å². The number of benzene rings is 3. The normalized spacial score (nSPS) is 16.9. The number of imidazole rings is 1. The second-order valence-electron chi connectivity index (χ2n) is 9.04. The third kappa shape index (κ3) is 4.41. The number of carbonyl (C=O) groups excluding carboxylic acids is 1. The van der Waals surface area contributed by atoms with Crippen LogP contribution in [0.25, 0.3) is 11.0 Å². The minimum absolute atomic E-state index is 0.0485. The Labute approximate surface area is 199 Å². The van der Waals surface area contributed by atoms with Crippen LogP contribution in [-0.4, -0.2) is 39.8 Å². The number of aryl methyl sites for hydroxylation is 2. The second kappa shape index (κ2) is 9.31. The molecular weight excluding hydrogens is 426 g/mol. The molecule has 0 bridgehead atoms. The third-order valence-electron chi connectivity index (χ3n) is 6.40. The summed E-state index contributed by atoms with van der Waals surface area (Å²) in [5.74, 6) is 1.65. The number of aliphatic hydroxyl groups excluding tert-OH is 1. The number of hydrogen-bond acceptors (Lipinski definition) is 4. The van der Waals surface area contributed by atoms with Crippen LogP contribution in [0.2, 0.25) is 0 Å². The molecule has 1 amide bonds. The van der Waals surface area contributed by atoms with E-state index in [4.69, 9.17) is 9.72 Å². The first-order valence-electron chi connectivity index (χ1n) is 11.7. The largest absolute Gasteiger partial charge is 0.491 e. The summed E-state index contributed by atoms with van der Waals surface area (Å²) in [6.45, 7) is 5.14. The molecule has 0 saturated carbocycles. The van der Waals surface area contributed by atoms with Gasteiger partial charge in [-0.1, -0.05) is 48.0 Å². The molecule has 2 atom stereocenters.